The number of nitrogens with zero attached hydrogens (tertiary/aromatic N) is 2. The number of benzene rings is 1. The Bertz CT molecular complexity index is 1420. The Hall–Kier alpha value is -3.68. The third-order valence-electron chi connectivity index (χ3n) is 9.28. The number of nitrogens with one attached hydrogen (secondary N) is 1. The number of phenols is 1. The first-order valence-electron chi connectivity index (χ1n) is 13.5. The number of carbonyl (C=O) groups excluding carboxylic acids is 6. The van der Waals surface area contributed by atoms with Crippen LogP contribution < -0.4 is 21.7 Å². The van der Waals surface area contributed by atoms with Crippen molar-refractivity contribution in [2.45, 2.75) is 49.4 Å². The van der Waals surface area contributed by atoms with Crippen LogP contribution in [0.2, 0.25) is 0 Å². The van der Waals surface area contributed by atoms with Gasteiger partial charge < -0.3 is 31.9 Å². The van der Waals surface area contributed by atoms with Gasteiger partial charge in [-0.1, -0.05) is 0 Å². The summed E-state index contributed by atoms with van der Waals surface area (Å²) in [7, 11) is 6.57. The number of hydrogen-bond donors (Lipinski definition) is 5. The fraction of sp³-hybridized carbons (Fsp3) is 0.571. The average Bonchev–Trinajstić information content (AvgIpc) is 3.63. The first-order valence-corrected chi connectivity index (χ1v) is 13.5. The largest absolute Gasteiger partial charge is 0.507 e. The molecule has 41 heavy (non-hydrogen) atoms. The van der Waals surface area contributed by atoms with Crippen LogP contribution in [0.1, 0.15) is 40.7 Å². The van der Waals surface area contributed by atoms with Crippen molar-refractivity contribution in [3.8, 4) is 5.75 Å². The average molecular weight is 570 g/mol. The van der Waals surface area contributed by atoms with Crippen LogP contribution in [0.25, 0.3) is 0 Å². The van der Waals surface area contributed by atoms with Crippen molar-refractivity contribution < 1.29 is 39.0 Å². The standard InChI is InChI=1S/C28H35N5O8/c1-32(2)15-9-12(10-31-26(40)27(30)5-6-27)20(34)17-13(15)7-11-8-14-19(33(3)4)22(36)18(25(29)39)24(38)28(14,41)23(37)16(11)21(17)35/h9,11,14,16,18-19,34,41H,5-8,10,30H2,1-4H3,(H2,29,39)(H,31,40)/t11-,14-,16?,18?,19-,28-/m0/s1. The number of hydrogen-bond acceptors (Lipinski definition) is 11. The van der Waals surface area contributed by atoms with Crippen LogP contribution in [0.5, 0.6) is 5.75 Å². The first-order chi connectivity index (χ1) is 19.1. The zero-order chi connectivity index (χ0) is 30.3. The summed E-state index contributed by atoms with van der Waals surface area (Å²) in [5, 5.41) is 25.7. The molecule has 0 aliphatic heterocycles. The van der Waals surface area contributed by atoms with Crippen LogP contribution in [-0.2, 0) is 36.9 Å². The van der Waals surface area contributed by atoms with Gasteiger partial charge in [-0.25, -0.2) is 0 Å². The van der Waals surface area contributed by atoms with E-state index in [1.165, 1.54) is 19.0 Å². The van der Waals surface area contributed by atoms with Gasteiger partial charge >= 0.3 is 0 Å². The molecule has 5 rings (SSSR count). The van der Waals surface area contributed by atoms with Gasteiger partial charge in [-0.2, -0.15) is 0 Å². The highest BCUT2D eigenvalue weighted by Gasteiger charge is 2.69. The quantitative estimate of drug-likeness (QED) is 0.237. The summed E-state index contributed by atoms with van der Waals surface area (Å²) in [6.45, 7) is -0.121. The molecule has 0 radical (unpaired) electrons. The normalized spacial score (nSPS) is 31.7. The molecule has 0 aromatic heterocycles. The van der Waals surface area contributed by atoms with Crippen molar-refractivity contribution in [2.75, 3.05) is 33.1 Å². The van der Waals surface area contributed by atoms with Gasteiger partial charge in [0.05, 0.1) is 23.1 Å². The number of carbonyl (C=O) groups is 6. The van der Waals surface area contributed by atoms with Crippen LogP contribution in [0, 0.1) is 23.7 Å². The minimum Gasteiger partial charge on any atom is -0.507 e. The number of amides is 2. The maximum atomic E-state index is 14.0. The van der Waals surface area contributed by atoms with E-state index in [9.17, 15) is 39.0 Å². The lowest BCUT2D eigenvalue weighted by molar-refractivity contribution is -0.181. The van der Waals surface area contributed by atoms with Crippen molar-refractivity contribution >= 4 is 40.6 Å². The van der Waals surface area contributed by atoms with E-state index in [4.69, 9.17) is 11.5 Å². The van der Waals surface area contributed by atoms with Crippen molar-refractivity contribution in [3.63, 3.8) is 0 Å². The van der Waals surface area contributed by atoms with Crippen molar-refractivity contribution in [1.29, 1.82) is 0 Å². The molecular formula is C28H35N5O8. The van der Waals surface area contributed by atoms with Crippen LogP contribution in [0.4, 0.5) is 5.69 Å². The van der Waals surface area contributed by atoms with Gasteiger partial charge in [0.25, 0.3) is 0 Å². The summed E-state index contributed by atoms with van der Waals surface area (Å²) in [4.78, 5) is 82.4. The number of ketones is 4. The number of likely N-dealkylation sites (N-methyl/N-ethyl adjacent to an activating group) is 1. The van der Waals surface area contributed by atoms with Gasteiger partial charge in [0, 0.05) is 37.8 Å². The Balaban J connectivity index is 1.59. The third kappa shape index (κ3) is 4.09. The van der Waals surface area contributed by atoms with Gasteiger partial charge in [0.15, 0.2) is 34.7 Å². The van der Waals surface area contributed by atoms with E-state index >= 15 is 0 Å². The summed E-state index contributed by atoms with van der Waals surface area (Å²) in [6, 6.07) is 0.494. The predicted molar refractivity (Wildman–Crippen MR) is 144 cm³/mol. The van der Waals surface area contributed by atoms with E-state index in [2.05, 4.69) is 5.32 Å². The summed E-state index contributed by atoms with van der Waals surface area (Å²) in [6.07, 6.45) is 1.20. The van der Waals surface area contributed by atoms with E-state index in [1.54, 1.807) is 25.1 Å². The zero-order valence-corrected chi connectivity index (χ0v) is 23.4. The predicted octanol–water partition coefficient (Wildman–Crippen LogP) is -1.96. The van der Waals surface area contributed by atoms with Crippen LogP contribution >= 0.6 is 0 Å². The van der Waals surface area contributed by atoms with E-state index in [0.717, 1.165) is 0 Å². The Morgan fingerprint density at radius 2 is 1.73 bits per heavy atom. The lowest BCUT2D eigenvalue weighted by Crippen LogP contribution is -2.74. The number of aromatic hydroxyl groups is 1. The number of phenolic OH excluding ortho intramolecular Hbond substituents is 1. The molecule has 4 aliphatic carbocycles. The highest BCUT2D eigenvalue weighted by Crippen LogP contribution is 2.52. The molecular weight excluding hydrogens is 534 g/mol. The van der Waals surface area contributed by atoms with E-state index in [1.807, 2.05) is 0 Å². The summed E-state index contributed by atoms with van der Waals surface area (Å²) < 4.78 is 0. The van der Waals surface area contributed by atoms with Gasteiger partial charge in [-0.3, -0.25) is 33.7 Å². The molecule has 3 fully saturated rings. The third-order valence-corrected chi connectivity index (χ3v) is 9.28. The molecule has 0 bridgehead atoms. The lowest BCUT2D eigenvalue weighted by Gasteiger charge is -2.52. The number of Topliss-reactive ketones (excluding diaryl/α,β-unsaturated/α-hetero) is 4. The molecule has 2 amide bonds. The molecule has 0 spiro atoms. The van der Waals surface area contributed by atoms with E-state index in [0.29, 0.717) is 24.1 Å². The Morgan fingerprint density at radius 3 is 2.27 bits per heavy atom. The molecule has 0 saturated heterocycles. The van der Waals surface area contributed by atoms with E-state index in [-0.39, 0.29) is 36.4 Å². The Kier molecular flexibility index (Phi) is 6.63. The monoisotopic (exact) mass is 569 g/mol. The molecule has 7 N–H and O–H groups in total. The smallest absolute Gasteiger partial charge is 0.240 e. The van der Waals surface area contributed by atoms with Gasteiger partial charge in [0.1, 0.15) is 5.75 Å². The molecule has 13 heteroatoms. The first kappa shape index (κ1) is 28.8. The molecule has 3 saturated carbocycles. The molecule has 0 heterocycles. The SMILES string of the molecule is CN(C)c1cc(CNC(=O)C2(N)CC2)c(O)c2c1C[C@H]1C[C@H]3[C@H](N(C)C)C(=O)C(C(N)=O)C(=O)[C@@]3(O)C(=O)C1C2=O. The molecule has 4 aliphatic rings. The maximum Gasteiger partial charge on any atom is 0.240 e. The molecule has 6 atom stereocenters. The van der Waals surface area contributed by atoms with Crippen molar-refractivity contribution in [2.24, 2.45) is 35.1 Å². The highest BCUT2D eigenvalue weighted by atomic mass is 16.3. The number of rotatable bonds is 6. The summed E-state index contributed by atoms with van der Waals surface area (Å²) in [5.74, 6) is -11.5. The number of aliphatic hydroxyl groups is 1. The zero-order valence-electron chi connectivity index (χ0n) is 23.4. The molecule has 220 valence electrons. The lowest BCUT2D eigenvalue weighted by atomic mass is 9.52. The Labute approximate surface area is 236 Å². The number of primary amides is 1. The fourth-order valence-electron chi connectivity index (χ4n) is 6.95. The molecule has 13 nitrogen and oxygen atoms in total. The second-order valence-corrected chi connectivity index (χ2v) is 12.3. The Morgan fingerprint density at radius 1 is 1.10 bits per heavy atom. The number of anilines is 1. The van der Waals surface area contributed by atoms with Gasteiger partial charge in [-0.05, 0) is 57.3 Å². The molecule has 2 unspecified atom stereocenters. The van der Waals surface area contributed by atoms with Crippen LogP contribution in [-0.4, -0.2) is 95.4 Å². The molecule has 1 aromatic carbocycles. The van der Waals surface area contributed by atoms with Crippen LogP contribution in [0.3, 0.4) is 0 Å². The summed E-state index contributed by atoms with van der Waals surface area (Å²) >= 11 is 0. The number of nitrogens with two attached hydrogens (primary N) is 2. The maximum absolute atomic E-state index is 14.0. The van der Waals surface area contributed by atoms with Crippen molar-refractivity contribution in [3.05, 3.63) is 22.8 Å². The van der Waals surface area contributed by atoms with Crippen LogP contribution in [0.15, 0.2) is 6.07 Å². The molecule has 1 aromatic rings. The van der Waals surface area contributed by atoms with E-state index < -0.39 is 75.6 Å². The minimum absolute atomic E-state index is 0.0338. The second kappa shape index (κ2) is 9.43. The summed E-state index contributed by atoms with van der Waals surface area (Å²) in [5.41, 5.74) is 8.76. The fourth-order valence-corrected chi connectivity index (χ4v) is 6.95. The van der Waals surface area contributed by atoms with Gasteiger partial charge in [0.2, 0.25) is 11.8 Å². The second-order valence-electron chi connectivity index (χ2n) is 12.3. The van der Waals surface area contributed by atoms with Gasteiger partial charge in [-0.15, -0.1) is 0 Å². The number of fused-ring (bicyclic) bond motifs is 3. The van der Waals surface area contributed by atoms with Crippen molar-refractivity contribution in [1.82, 2.24) is 10.2 Å². The minimum atomic E-state index is -2.79. The highest BCUT2D eigenvalue weighted by molar-refractivity contribution is 6.32. The topological polar surface area (TPSA) is 213 Å².